The van der Waals surface area contributed by atoms with Gasteiger partial charge in [-0.2, -0.15) is 0 Å². The molecule has 0 aromatic heterocycles. The van der Waals surface area contributed by atoms with E-state index in [9.17, 15) is 24.3 Å². The molecule has 2 aromatic carbocycles. The largest absolute Gasteiger partial charge is 0.508 e. The number of rotatable bonds is 10. The highest BCUT2D eigenvalue weighted by Gasteiger charge is 2.44. The van der Waals surface area contributed by atoms with E-state index >= 15 is 0 Å². The third-order valence-corrected chi connectivity index (χ3v) is 6.65. The number of hydrogen-bond acceptors (Lipinski definition) is 7. The van der Waals surface area contributed by atoms with Crippen LogP contribution in [-0.4, -0.2) is 63.2 Å². The second-order valence-electron chi connectivity index (χ2n) is 13.1. The molecule has 1 saturated carbocycles. The Hall–Kier alpha value is -4.08. The summed E-state index contributed by atoms with van der Waals surface area (Å²) in [5.74, 6) is -1.62. The zero-order valence-electron chi connectivity index (χ0n) is 26.4. The molecule has 0 bridgehead atoms. The number of amides is 3. The first-order chi connectivity index (χ1) is 19.9. The van der Waals surface area contributed by atoms with Crippen LogP contribution in [0.4, 0.5) is 4.79 Å². The summed E-state index contributed by atoms with van der Waals surface area (Å²) in [6, 6.07) is 10.5. The van der Waals surface area contributed by atoms with Crippen molar-refractivity contribution in [3.8, 4) is 5.75 Å². The molecule has 0 spiro atoms. The van der Waals surface area contributed by atoms with Crippen molar-refractivity contribution in [2.45, 2.75) is 110 Å². The number of nitrogens with one attached hydrogen (secondary N) is 2. The van der Waals surface area contributed by atoms with Crippen LogP contribution >= 0.6 is 0 Å². The lowest BCUT2D eigenvalue weighted by Gasteiger charge is -2.35. The van der Waals surface area contributed by atoms with Crippen molar-refractivity contribution in [1.29, 1.82) is 0 Å². The van der Waals surface area contributed by atoms with Gasteiger partial charge in [-0.05, 0) is 97.1 Å². The van der Waals surface area contributed by atoms with Gasteiger partial charge >= 0.3 is 12.1 Å². The molecule has 3 N–H and O–H groups in total. The van der Waals surface area contributed by atoms with Crippen LogP contribution < -0.4 is 10.6 Å². The maximum Gasteiger partial charge on any atom is 0.408 e. The molecule has 3 atom stereocenters. The Morgan fingerprint density at radius 1 is 0.930 bits per heavy atom. The minimum atomic E-state index is -1.15. The van der Waals surface area contributed by atoms with Gasteiger partial charge in [0.05, 0.1) is 0 Å². The van der Waals surface area contributed by atoms with E-state index in [0.717, 1.165) is 5.56 Å². The average Bonchev–Trinajstić information content (AvgIpc) is 3.71. The van der Waals surface area contributed by atoms with Gasteiger partial charge in [-0.1, -0.05) is 36.4 Å². The van der Waals surface area contributed by atoms with Crippen molar-refractivity contribution < 1.29 is 33.8 Å². The third kappa shape index (κ3) is 10.0. The number of phenolic OH excluding ortho intramolecular Hbond substituents is 1. The predicted molar refractivity (Wildman–Crippen MR) is 162 cm³/mol. The first kappa shape index (κ1) is 33.4. The van der Waals surface area contributed by atoms with Crippen molar-refractivity contribution in [1.82, 2.24) is 15.5 Å². The van der Waals surface area contributed by atoms with Gasteiger partial charge in [0.25, 0.3) is 0 Å². The van der Waals surface area contributed by atoms with Crippen LogP contribution in [0.25, 0.3) is 0 Å². The number of aromatic hydroxyl groups is 1. The summed E-state index contributed by atoms with van der Waals surface area (Å²) in [6.45, 7) is 13.7. The van der Waals surface area contributed by atoms with E-state index in [1.807, 2.05) is 30.3 Å². The number of phenols is 1. The van der Waals surface area contributed by atoms with Crippen molar-refractivity contribution in [3.05, 3.63) is 65.2 Å². The first-order valence-electron chi connectivity index (χ1n) is 14.6. The maximum absolute atomic E-state index is 14.2. The van der Waals surface area contributed by atoms with Gasteiger partial charge in [0, 0.05) is 12.5 Å². The van der Waals surface area contributed by atoms with Gasteiger partial charge in [0.1, 0.15) is 35.1 Å². The Balaban J connectivity index is 1.99. The van der Waals surface area contributed by atoms with Crippen LogP contribution in [0.2, 0.25) is 0 Å². The molecule has 10 nitrogen and oxygen atoms in total. The second-order valence-corrected chi connectivity index (χ2v) is 13.1. The molecule has 10 heteroatoms. The lowest BCUT2D eigenvalue weighted by Crippen LogP contribution is -2.55. The molecular formula is C33H45N3O7. The molecule has 0 radical (unpaired) electrons. The van der Waals surface area contributed by atoms with Crippen molar-refractivity contribution in [3.63, 3.8) is 0 Å². The first-order valence-corrected chi connectivity index (χ1v) is 14.6. The molecule has 0 heterocycles. The predicted octanol–water partition coefficient (Wildman–Crippen LogP) is 4.72. The van der Waals surface area contributed by atoms with E-state index in [4.69, 9.17) is 9.47 Å². The highest BCUT2D eigenvalue weighted by Crippen LogP contribution is 2.36. The molecule has 2 aromatic rings. The van der Waals surface area contributed by atoms with Crippen LogP contribution in [0.1, 0.15) is 84.0 Å². The maximum atomic E-state index is 14.2. The van der Waals surface area contributed by atoms with Gasteiger partial charge < -0.3 is 30.1 Å². The zero-order chi connectivity index (χ0) is 32.1. The number of alkyl carbamates (subject to hydrolysis) is 1. The minimum Gasteiger partial charge on any atom is -0.508 e. The van der Waals surface area contributed by atoms with Gasteiger partial charge in [0.15, 0.2) is 0 Å². The molecule has 1 aliphatic carbocycles. The minimum absolute atomic E-state index is 0.0443. The van der Waals surface area contributed by atoms with E-state index in [-0.39, 0.29) is 18.2 Å². The Morgan fingerprint density at radius 3 is 2.07 bits per heavy atom. The zero-order valence-corrected chi connectivity index (χ0v) is 26.4. The number of esters is 1. The normalized spacial score (nSPS) is 15.4. The fraction of sp³-hybridized carbons (Fsp3) is 0.515. The van der Waals surface area contributed by atoms with Crippen molar-refractivity contribution in [2.75, 3.05) is 0 Å². The number of hydrogen-bond donors (Lipinski definition) is 3. The van der Waals surface area contributed by atoms with Crippen LogP contribution in [-0.2, 0) is 30.3 Å². The Morgan fingerprint density at radius 2 is 1.53 bits per heavy atom. The Kier molecular flexibility index (Phi) is 10.5. The van der Waals surface area contributed by atoms with E-state index in [2.05, 4.69) is 10.6 Å². The summed E-state index contributed by atoms with van der Waals surface area (Å²) in [5.41, 5.74) is 0.251. The number of benzene rings is 2. The lowest BCUT2D eigenvalue weighted by atomic mass is 9.99. The van der Waals surface area contributed by atoms with Crippen LogP contribution in [0.15, 0.2) is 48.5 Å². The molecule has 3 unspecified atom stereocenters. The summed E-state index contributed by atoms with van der Waals surface area (Å²) in [4.78, 5) is 55.5. The number of carbonyl (C=O) groups is 4. The topological polar surface area (TPSA) is 134 Å². The highest BCUT2D eigenvalue weighted by molar-refractivity contribution is 5.94. The quantitative estimate of drug-likeness (QED) is 0.339. The molecule has 3 amide bonds. The molecule has 1 fully saturated rings. The van der Waals surface area contributed by atoms with Crippen LogP contribution in [0.3, 0.4) is 0 Å². The fourth-order valence-corrected chi connectivity index (χ4v) is 4.59. The van der Waals surface area contributed by atoms with E-state index < -0.39 is 53.2 Å². The summed E-state index contributed by atoms with van der Waals surface area (Å²) in [7, 11) is 0. The third-order valence-electron chi connectivity index (χ3n) is 6.65. The van der Waals surface area contributed by atoms with Crippen molar-refractivity contribution >= 4 is 23.9 Å². The van der Waals surface area contributed by atoms with E-state index in [1.54, 1.807) is 60.6 Å². The van der Waals surface area contributed by atoms with E-state index in [1.165, 1.54) is 17.9 Å². The molecule has 1 aliphatic rings. The van der Waals surface area contributed by atoms with Crippen molar-refractivity contribution in [2.24, 2.45) is 0 Å². The standard InChI is InChI=1S/C33H45N3O7/c1-20-18-23(14-17-26(20)37)27(36(24-15-16-24)29(39)21(2)34-31(41)43-33(6,7)8)28(38)35-25(30(40)42-32(3,4)5)19-22-12-10-9-11-13-22/h9-14,17-18,21,24-25,27,37H,15-16,19H2,1-8H3,(H,34,41)(H,35,38). The Bertz CT molecular complexity index is 1310. The molecule has 0 saturated heterocycles. The fourth-order valence-electron chi connectivity index (χ4n) is 4.59. The molecule has 43 heavy (non-hydrogen) atoms. The number of nitrogens with zero attached hydrogens (tertiary/aromatic N) is 1. The monoisotopic (exact) mass is 595 g/mol. The van der Waals surface area contributed by atoms with E-state index in [0.29, 0.717) is 24.0 Å². The average molecular weight is 596 g/mol. The summed E-state index contributed by atoms with van der Waals surface area (Å²) in [6.07, 6.45) is 0.770. The number of aryl methyl sites for hydroxylation is 1. The lowest BCUT2D eigenvalue weighted by molar-refractivity contribution is -0.159. The number of carbonyl (C=O) groups excluding carboxylic acids is 4. The van der Waals surface area contributed by atoms with Crippen LogP contribution in [0.5, 0.6) is 5.75 Å². The SMILES string of the molecule is Cc1cc(C(C(=O)NC(Cc2ccccc2)C(=O)OC(C)(C)C)N(C(=O)C(C)NC(=O)OC(C)(C)C)C2CC2)ccc1O. The van der Waals surface area contributed by atoms with Gasteiger partial charge in [-0.25, -0.2) is 9.59 Å². The van der Waals surface area contributed by atoms with Gasteiger partial charge in [0.2, 0.25) is 11.8 Å². The summed E-state index contributed by atoms with van der Waals surface area (Å²) < 4.78 is 11.0. The number of ether oxygens (including phenoxy) is 2. The van der Waals surface area contributed by atoms with Gasteiger partial charge in [-0.15, -0.1) is 0 Å². The van der Waals surface area contributed by atoms with Crippen LogP contribution in [0, 0.1) is 6.92 Å². The molecule has 234 valence electrons. The van der Waals surface area contributed by atoms with Gasteiger partial charge in [-0.3, -0.25) is 9.59 Å². The highest BCUT2D eigenvalue weighted by atomic mass is 16.6. The molecular weight excluding hydrogens is 550 g/mol. The summed E-state index contributed by atoms with van der Waals surface area (Å²) in [5, 5.41) is 15.7. The Labute approximate surface area is 254 Å². The molecule has 0 aliphatic heterocycles. The second kappa shape index (κ2) is 13.5. The summed E-state index contributed by atoms with van der Waals surface area (Å²) >= 11 is 0. The molecule has 3 rings (SSSR count). The smallest absolute Gasteiger partial charge is 0.408 e.